The summed E-state index contributed by atoms with van der Waals surface area (Å²) in [5, 5.41) is 5.83. The molecule has 0 aromatic rings. The molecule has 0 aromatic carbocycles. The number of nitrogens with zero attached hydrogens (tertiary/aromatic N) is 2. The van der Waals surface area contributed by atoms with Gasteiger partial charge in [-0.25, -0.2) is 4.79 Å². The molecule has 6 nitrogen and oxygen atoms in total. The summed E-state index contributed by atoms with van der Waals surface area (Å²) >= 11 is 0. The molecule has 0 spiro atoms. The molecular weight excluding hydrogens is 208 g/mol. The summed E-state index contributed by atoms with van der Waals surface area (Å²) in [6, 6.07) is 0.217. The van der Waals surface area contributed by atoms with Crippen molar-refractivity contribution in [3.63, 3.8) is 0 Å². The quantitative estimate of drug-likeness (QED) is 0.636. The Labute approximate surface area is 95.0 Å². The third kappa shape index (κ3) is 2.33. The number of urea groups is 1. The SMILES string of the molecule is CNC1CCN(CC(=O)N2CCNC2=O)C1. The van der Waals surface area contributed by atoms with Crippen LogP contribution in [0.2, 0.25) is 0 Å². The van der Waals surface area contributed by atoms with Gasteiger partial charge in [-0.05, 0) is 13.5 Å². The third-order valence-corrected chi connectivity index (χ3v) is 3.20. The van der Waals surface area contributed by atoms with Gasteiger partial charge in [-0.1, -0.05) is 0 Å². The van der Waals surface area contributed by atoms with Gasteiger partial charge in [0.2, 0.25) is 5.91 Å². The van der Waals surface area contributed by atoms with E-state index < -0.39 is 0 Å². The van der Waals surface area contributed by atoms with Gasteiger partial charge < -0.3 is 10.6 Å². The van der Waals surface area contributed by atoms with Gasteiger partial charge in [0.05, 0.1) is 6.54 Å². The Morgan fingerprint density at radius 1 is 1.56 bits per heavy atom. The summed E-state index contributed by atoms with van der Waals surface area (Å²) in [5.41, 5.74) is 0. The van der Waals surface area contributed by atoms with E-state index in [2.05, 4.69) is 15.5 Å². The van der Waals surface area contributed by atoms with Gasteiger partial charge in [-0.15, -0.1) is 0 Å². The third-order valence-electron chi connectivity index (χ3n) is 3.20. The summed E-state index contributed by atoms with van der Waals surface area (Å²) in [6.45, 7) is 3.24. The Bertz CT molecular complexity index is 295. The van der Waals surface area contributed by atoms with Crippen molar-refractivity contribution in [2.24, 2.45) is 0 Å². The molecule has 3 amide bonds. The normalized spacial score (nSPS) is 26.2. The monoisotopic (exact) mass is 226 g/mol. The molecule has 90 valence electrons. The van der Waals surface area contributed by atoms with Gasteiger partial charge in [0.25, 0.3) is 0 Å². The number of carbonyl (C=O) groups excluding carboxylic acids is 2. The lowest BCUT2D eigenvalue weighted by Gasteiger charge is -2.18. The molecule has 2 heterocycles. The van der Waals surface area contributed by atoms with Crippen molar-refractivity contribution in [1.29, 1.82) is 0 Å². The van der Waals surface area contributed by atoms with Crippen molar-refractivity contribution in [3.8, 4) is 0 Å². The van der Waals surface area contributed by atoms with Crippen molar-refractivity contribution >= 4 is 11.9 Å². The zero-order chi connectivity index (χ0) is 11.5. The van der Waals surface area contributed by atoms with Crippen molar-refractivity contribution < 1.29 is 9.59 Å². The van der Waals surface area contributed by atoms with Gasteiger partial charge >= 0.3 is 6.03 Å². The Balaban J connectivity index is 1.81. The lowest BCUT2D eigenvalue weighted by molar-refractivity contribution is -0.128. The fourth-order valence-corrected chi connectivity index (χ4v) is 2.20. The van der Waals surface area contributed by atoms with Crippen molar-refractivity contribution in [2.75, 3.05) is 39.8 Å². The number of likely N-dealkylation sites (tertiary alicyclic amines) is 1. The van der Waals surface area contributed by atoms with Crippen LogP contribution in [0.5, 0.6) is 0 Å². The van der Waals surface area contributed by atoms with Crippen LogP contribution in [-0.2, 0) is 4.79 Å². The lowest BCUT2D eigenvalue weighted by atomic mass is 10.3. The van der Waals surface area contributed by atoms with E-state index in [-0.39, 0.29) is 11.9 Å². The highest BCUT2D eigenvalue weighted by molar-refractivity contribution is 5.96. The van der Waals surface area contributed by atoms with Crippen LogP contribution in [0, 0.1) is 0 Å². The average molecular weight is 226 g/mol. The molecule has 16 heavy (non-hydrogen) atoms. The molecule has 0 aromatic heterocycles. The second-order valence-electron chi connectivity index (χ2n) is 4.29. The van der Waals surface area contributed by atoms with Gasteiger partial charge in [0.1, 0.15) is 0 Å². The van der Waals surface area contributed by atoms with Gasteiger partial charge in [0, 0.05) is 32.2 Å². The Hall–Kier alpha value is -1.14. The molecule has 2 fully saturated rings. The van der Waals surface area contributed by atoms with Crippen LogP contribution < -0.4 is 10.6 Å². The smallest absolute Gasteiger partial charge is 0.324 e. The predicted molar refractivity (Wildman–Crippen MR) is 59.0 cm³/mol. The molecule has 6 heteroatoms. The first-order valence-electron chi connectivity index (χ1n) is 5.68. The molecular formula is C10H18N4O2. The van der Waals surface area contributed by atoms with Crippen molar-refractivity contribution in [2.45, 2.75) is 12.5 Å². The number of imide groups is 1. The first kappa shape index (κ1) is 11.3. The molecule has 2 N–H and O–H groups in total. The largest absolute Gasteiger partial charge is 0.336 e. The maximum Gasteiger partial charge on any atom is 0.324 e. The van der Waals surface area contributed by atoms with Gasteiger partial charge in [-0.3, -0.25) is 14.6 Å². The summed E-state index contributed by atoms with van der Waals surface area (Å²) < 4.78 is 0. The number of nitrogens with one attached hydrogen (secondary N) is 2. The van der Waals surface area contributed by atoms with Crippen LogP contribution in [0.25, 0.3) is 0 Å². The zero-order valence-electron chi connectivity index (χ0n) is 9.53. The molecule has 0 bridgehead atoms. The Kier molecular flexibility index (Phi) is 3.40. The van der Waals surface area contributed by atoms with E-state index >= 15 is 0 Å². The van der Waals surface area contributed by atoms with Crippen LogP contribution in [0.3, 0.4) is 0 Å². The number of rotatable bonds is 3. The van der Waals surface area contributed by atoms with Crippen LogP contribution >= 0.6 is 0 Å². The van der Waals surface area contributed by atoms with Crippen LogP contribution in [0.4, 0.5) is 4.79 Å². The molecule has 1 unspecified atom stereocenters. The predicted octanol–water partition coefficient (Wildman–Crippen LogP) is -1.17. The average Bonchev–Trinajstić information content (AvgIpc) is 2.86. The summed E-state index contributed by atoms with van der Waals surface area (Å²) in [4.78, 5) is 26.5. The number of likely N-dealkylation sites (N-methyl/N-ethyl adjacent to an activating group) is 1. The number of hydrogen-bond donors (Lipinski definition) is 2. The standard InChI is InChI=1S/C10H18N4O2/c1-11-8-2-4-13(6-8)7-9(15)14-5-3-12-10(14)16/h8,11H,2-7H2,1H3,(H,12,16). The highest BCUT2D eigenvalue weighted by Gasteiger charge is 2.29. The van der Waals surface area contributed by atoms with E-state index in [1.807, 2.05) is 7.05 Å². The zero-order valence-corrected chi connectivity index (χ0v) is 9.53. The number of hydrogen-bond acceptors (Lipinski definition) is 4. The van der Waals surface area contributed by atoms with Crippen molar-refractivity contribution in [3.05, 3.63) is 0 Å². The Morgan fingerprint density at radius 2 is 2.38 bits per heavy atom. The van der Waals surface area contributed by atoms with E-state index in [9.17, 15) is 9.59 Å². The maximum atomic E-state index is 11.8. The number of carbonyl (C=O) groups is 2. The van der Waals surface area contributed by atoms with E-state index in [0.717, 1.165) is 19.5 Å². The number of amides is 3. The first-order chi connectivity index (χ1) is 7.70. The molecule has 2 aliphatic rings. The van der Waals surface area contributed by atoms with E-state index in [4.69, 9.17) is 0 Å². The van der Waals surface area contributed by atoms with Crippen LogP contribution in [0.1, 0.15) is 6.42 Å². The maximum absolute atomic E-state index is 11.8. The van der Waals surface area contributed by atoms with E-state index in [0.29, 0.717) is 25.7 Å². The minimum atomic E-state index is -0.255. The fraction of sp³-hybridized carbons (Fsp3) is 0.800. The molecule has 2 saturated heterocycles. The first-order valence-corrected chi connectivity index (χ1v) is 5.68. The Morgan fingerprint density at radius 3 is 2.94 bits per heavy atom. The highest BCUT2D eigenvalue weighted by atomic mass is 16.2. The summed E-state index contributed by atoms with van der Waals surface area (Å²) in [7, 11) is 1.93. The van der Waals surface area contributed by atoms with Gasteiger partial charge in [-0.2, -0.15) is 0 Å². The topological polar surface area (TPSA) is 64.7 Å². The molecule has 2 rings (SSSR count). The van der Waals surface area contributed by atoms with Crippen molar-refractivity contribution in [1.82, 2.24) is 20.4 Å². The molecule has 0 saturated carbocycles. The van der Waals surface area contributed by atoms with E-state index in [1.54, 1.807) is 0 Å². The van der Waals surface area contributed by atoms with Crippen LogP contribution in [0.15, 0.2) is 0 Å². The second-order valence-corrected chi connectivity index (χ2v) is 4.29. The summed E-state index contributed by atoms with van der Waals surface area (Å²) in [6.07, 6.45) is 1.07. The minimum absolute atomic E-state index is 0.0910. The second kappa shape index (κ2) is 4.80. The molecule has 1 atom stereocenters. The fourth-order valence-electron chi connectivity index (χ4n) is 2.20. The lowest BCUT2D eigenvalue weighted by Crippen LogP contribution is -2.42. The molecule has 0 radical (unpaired) electrons. The molecule has 0 aliphatic carbocycles. The summed E-state index contributed by atoms with van der Waals surface area (Å²) in [5.74, 6) is -0.0910. The highest BCUT2D eigenvalue weighted by Crippen LogP contribution is 2.09. The van der Waals surface area contributed by atoms with E-state index in [1.165, 1.54) is 4.90 Å². The van der Waals surface area contributed by atoms with Crippen LogP contribution in [-0.4, -0.2) is 67.6 Å². The van der Waals surface area contributed by atoms with Gasteiger partial charge in [0.15, 0.2) is 0 Å². The minimum Gasteiger partial charge on any atom is -0.336 e. The molecule has 2 aliphatic heterocycles.